The number of carbonyl (C=O) groups excluding carboxylic acids is 2. The smallest absolute Gasteiger partial charge is 0.254 e. The molecule has 124 valence electrons. The van der Waals surface area contributed by atoms with Crippen molar-refractivity contribution in [2.24, 2.45) is 0 Å². The van der Waals surface area contributed by atoms with Crippen molar-refractivity contribution in [2.75, 3.05) is 19.6 Å². The molecule has 1 aromatic heterocycles. The molecule has 0 bridgehead atoms. The van der Waals surface area contributed by atoms with E-state index in [1.54, 1.807) is 4.90 Å². The number of hydrogen-bond donors (Lipinski definition) is 1. The molecule has 1 saturated carbocycles. The van der Waals surface area contributed by atoms with Gasteiger partial charge in [-0.2, -0.15) is 0 Å². The number of aryl methyl sites for hydroxylation is 1. The summed E-state index contributed by atoms with van der Waals surface area (Å²) in [4.78, 5) is 36.3. The van der Waals surface area contributed by atoms with Gasteiger partial charge in [-0.1, -0.05) is 0 Å². The molecule has 23 heavy (non-hydrogen) atoms. The van der Waals surface area contributed by atoms with Crippen molar-refractivity contribution in [1.82, 2.24) is 14.8 Å². The number of rotatable bonds is 5. The van der Waals surface area contributed by atoms with Crippen LogP contribution in [0, 0.1) is 6.92 Å². The van der Waals surface area contributed by atoms with E-state index in [2.05, 4.69) is 5.32 Å². The molecule has 2 amide bonds. The SMILES string of the molecule is CC(=O)NCC(=O)N1CC(Oc2cc(C)n(C3CC3)c(=O)c2)C1. The van der Waals surface area contributed by atoms with E-state index in [1.807, 2.05) is 17.6 Å². The van der Waals surface area contributed by atoms with Gasteiger partial charge in [-0.25, -0.2) is 0 Å². The fourth-order valence-electron chi connectivity index (χ4n) is 2.77. The van der Waals surface area contributed by atoms with Crippen LogP contribution in [0.3, 0.4) is 0 Å². The summed E-state index contributed by atoms with van der Waals surface area (Å²) in [5, 5.41) is 2.48. The highest BCUT2D eigenvalue weighted by atomic mass is 16.5. The van der Waals surface area contributed by atoms with E-state index in [0.717, 1.165) is 18.5 Å². The largest absolute Gasteiger partial charge is 0.486 e. The van der Waals surface area contributed by atoms with Gasteiger partial charge < -0.3 is 19.5 Å². The molecule has 0 aromatic carbocycles. The summed E-state index contributed by atoms with van der Waals surface area (Å²) < 4.78 is 7.59. The number of aromatic nitrogens is 1. The van der Waals surface area contributed by atoms with Crippen LogP contribution in [0.5, 0.6) is 5.75 Å². The van der Waals surface area contributed by atoms with Crippen molar-refractivity contribution in [2.45, 2.75) is 38.8 Å². The van der Waals surface area contributed by atoms with Crippen molar-refractivity contribution < 1.29 is 14.3 Å². The molecule has 0 spiro atoms. The molecule has 2 heterocycles. The first-order valence-corrected chi connectivity index (χ1v) is 7.86. The van der Waals surface area contributed by atoms with E-state index in [-0.39, 0.29) is 30.0 Å². The molecule has 0 unspecified atom stereocenters. The van der Waals surface area contributed by atoms with Crippen LogP contribution in [0.25, 0.3) is 0 Å². The highest BCUT2D eigenvalue weighted by Crippen LogP contribution is 2.34. The molecule has 1 aromatic rings. The number of pyridine rings is 1. The summed E-state index contributed by atoms with van der Waals surface area (Å²) in [6, 6.07) is 3.75. The number of hydrogen-bond acceptors (Lipinski definition) is 4. The Kier molecular flexibility index (Phi) is 4.11. The highest BCUT2D eigenvalue weighted by Gasteiger charge is 2.32. The zero-order valence-corrected chi connectivity index (χ0v) is 13.4. The molecule has 3 rings (SSSR count). The van der Waals surface area contributed by atoms with E-state index in [4.69, 9.17) is 4.74 Å². The minimum absolute atomic E-state index is 0.0125. The van der Waals surface area contributed by atoms with Gasteiger partial charge in [-0.15, -0.1) is 0 Å². The van der Waals surface area contributed by atoms with E-state index in [9.17, 15) is 14.4 Å². The average molecular weight is 319 g/mol. The lowest BCUT2D eigenvalue weighted by molar-refractivity contribution is -0.140. The quantitative estimate of drug-likeness (QED) is 0.842. The van der Waals surface area contributed by atoms with E-state index in [0.29, 0.717) is 24.9 Å². The van der Waals surface area contributed by atoms with Crippen molar-refractivity contribution in [3.8, 4) is 5.75 Å². The molecular weight excluding hydrogens is 298 g/mol. The average Bonchev–Trinajstić information content (AvgIpc) is 3.23. The van der Waals surface area contributed by atoms with E-state index >= 15 is 0 Å². The van der Waals surface area contributed by atoms with Crippen molar-refractivity contribution in [3.63, 3.8) is 0 Å². The van der Waals surface area contributed by atoms with Crippen molar-refractivity contribution >= 4 is 11.8 Å². The van der Waals surface area contributed by atoms with Crippen LogP contribution in [0.1, 0.15) is 31.5 Å². The minimum atomic E-state index is -0.224. The third-order valence-electron chi connectivity index (χ3n) is 4.14. The molecule has 0 radical (unpaired) electrons. The van der Waals surface area contributed by atoms with Gasteiger partial charge >= 0.3 is 0 Å². The lowest BCUT2D eigenvalue weighted by Gasteiger charge is -2.39. The summed E-state index contributed by atoms with van der Waals surface area (Å²) in [5.41, 5.74) is 0.883. The Morgan fingerprint density at radius 1 is 1.30 bits per heavy atom. The first-order valence-electron chi connectivity index (χ1n) is 7.86. The third-order valence-corrected chi connectivity index (χ3v) is 4.14. The van der Waals surface area contributed by atoms with Gasteiger partial charge in [-0.05, 0) is 25.8 Å². The number of nitrogens with zero attached hydrogens (tertiary/aromatic N) is 2. The number of amides is 2. The Balaban J connectivity index is 1.53. The van der Waals surface area contributed by atoms with Crippen LogP contribution in [0.2, 0.25) is 0 Å². The molecule has 1 aliphatic carbocycles. The summed E-state index contributed by atoms with van der Waals surface area (Å²) in [5.74, 6) is 0.210. The molecule has 0 atom stereocenters. The molecule has 7 nitrogen and oxygen atoms in total. The topological polar surface area (TPSA) is 80.6 Å². The Hall–Kier alpha value is -2.31. The maximum atomic E-state index is 12.1. The van der Waals surface area contributed by atoms with Crippen LogP contribution in [-0.2, 0) is 9.59 Å². The van der Waals surface area contributed by atoms with Crippen molar-refractivity contribution in [3.05, 3.63) is 28.2 Å². The second kappa shape index (κ2) is 6.06. The van der Waals surface area contributed by atoms with Gasteiger partial charge in [0.25, 0.3) is 5.56 Å². The first-order chi connectivity index (χ1) is 10.9. The Morgan fingerprint density at radius 3 is 2.57 bits per heavy atom. The van der Waals surface area contributed by atoms with Gasteiger partial charge in [0.2, 0.25) is 11.8 Å². The summed E-state index contributed by atoms with van der Waals surface area (Å²) in [7, 11) is 0. The lowest BCUT2D eigenvalue weighted by atomic mass is 10.1. The Bertz CT molecular complexity index is 687. The standard InChI is InChI=1S/C16H21N3O4/c1-10-5-13(6-15(21)19(10)12-3-4-12)23-14-8-18(9-14)16(22)7-17-11(2)20/h5-6,12,14H,3-4,7-9H2,1-2H3,(H,17,20). The normalized spacial score (nSPS) is 17.6. The van der Waals surface area contributed by atoms with Crippen LogP contribution in [0.4, 0.5) is 0 Å². The first kappa shape index (κ1) is 15.6. The van der Waals surface area contributed by atoms with Gasteiger partial charge in [0, 0.05) is 24.7 Å². The molecule has 2 fully saturated rings. The van der Waals surface area contributed by atoms with Crippen LogP contribution >= 0.6 is 0 Å². The third kappa shape index (κ3) is 3.55. The summed E-state index contributed by atoms with van der Waals surface area (Å²) in [6.45, 7) is 4.25. The number of ether oxygens (including phenoxy) is 1. The van der Waals surface area contributed by atoms with Gasteiger partial charge in [-0.3, -0.25) is 14.4 Å². The second-order valence-electron chi connectivity index (χ2n) is 6.22. The van der Waals surface area contributed by atoms with Gasteiger partial charge in [0.05, 0.1) is 19.6 Å². The lowest BCUT2D eigenvalue weighted by Crippen LogP contribution is -2.58. The van der Waals surface area contributed by atoms with E-state index < -0.39 is 0 Å². The fourth-order valence-corrected chi connectivity index (χ4v) is 2.77. The van der Waals surface area contributed by atoms with Gasteiger partial charge in [0.1, 0.15) is 11.9 Å². The van der Waals surface area contributed by atoms with Crippen LogP contribution < -0.4 is 15.6 Å². The predicted octanol–water partition coefficient (Wildman–Crippen LogP) is 0.217. The summed E-state index contributed by atoms with van der Waals surface area (Å²) >= 11 is 0. The molecule has 1 saturated heterocycles. The van der Waals surface area contributed by atoms with Crippen LogP contribution in [-0.4, -0.2) is 47.0 Å². The van der Waals surface area contributed by atoms with Gasteiger partial charge in [0.15, 0.2) is 0 Å². The summed E-state index contributed by atoms with van der Waals surface area (Å²) in [6.07, 6.45) is 2.02. The second-order valence-corrected chi connectivity index (χ2v) is 6.22. The number of likely N-dealkylation sites (tertiary alicyclic amines) is 1. The predicted molar refractivity (Wildman–Crippen MR) is 83.4 cm³/mol. The highest BCUT2D eigenvalue weighted by molar-refractivity contribution is 5.84. The molecule has 1 N–H and O–H groups in total. The zero-order chi connectivity index (χ0) is 16.6. The number of carbonyl (C=O) groups is 2. The maximum Gasteiger partial charge on any atom is 0.254 e. The Morgan fingerprint density at radius 2 is 2.00 bits per heavy atom. The monoisotopic (exact) mass is 319 g/mol. The Labute approximate surface area is 134 Å². The molecular formula is C16H21N3O4. The van der Waals surface area contributed by atoms with Crippen LogP contribution in [0.15, 0.2) is 16.9 Å². The fraction of sp³-hybridized carbons (Fsp3) is 0.562. The van der Waals surface area contributed by atoms with E-state index in [1.165, 1.54) is 13.0 Å². The number of nitrogens with one attached hydrogen (secondary N) is 1. The maximum absolute atomic E-state index is 12.1. The molecule has 1 aliphatic heterocycles. The zero-order valence-electron chi connectivity index (χ0n) is 13.4. The minimum Gasteiger partial charge on any atom is -0.486 e. The molecule has 2 aliphatic rings. The molecule has 7 heteroatoms. The van der Waals surface area contributed by atoms with Crippen molar-refractivity contribution in [1.29, 1.82) is 0 Å².